The van der Waals surface area contributed by atoms with Crippen molar-refractivity contribution in [3.63, 3.8) is 0 Å². The minimum Gasteiger partial charge on any atom is -0.508 e. The number of aliphatic hydroxyl groups excluding tert-OH is 2. The number of allylic oxidation sites excluding steroid dienone is 2. The largest absolute Gasteiger partial charge is 0.508 e. The van der Waals surface area contributed by atoms with Crippen LogP contribution in [0.25, 0.3) is 0 Å². The fourth-order valence-electron chi connectivity index (χ4n) is 3.31. The second-order valence-electron chi connectivity index (χ2n) is 6.20. The molecular weight excluding hydrogens is 337 g/mol. The predicted octanol–water partition coefficient (Wildman–Crippen LogP) is 2.38. The molecular formula is C17H19F3N2O3. The Kier molecular flexibility index (Phi) is 4.75. The summed E-state index contributed by atoms with van der Waals surface area (Å²) < 4.78 is 45.6. The van der Waals surface area contributed by atoms with Crippen LogP contribution >= 0.6 is 0 Å². The average molecular weight is 356 g/mol. The molecule has 0 saturated carbocycles. The van der Waals surface area contributed by atoms with Gasteiger partial charge in [0, 0.05) is 13.0 Å². The molecule has 0 spiro atoms. The van der Waals surface area contributed by atoms with Gasteiger partial charge in [-0.25, -0.2) is 0 Å². The molecule has 3 aliphatic rings. The third-order valence-corrected chi connectivity index (χ3v) is 4.61. The molecule has 0 aromatic rings. The molecule has 25 heavy (non-hydrogen) atoms. The SMILES string of the molecule is COC1C=CC(C2C(C3C=CC(O)=CC3O)=NNC2C(F)(F)F)=CC1. The van der Waals surface area contributed by atoms with E-state index < -0.39 is 30.2 Å². The van der Waals surface area contributed by atoms with Crippen molar-refractivity contribution in [2.45, 2.75) is 30.8 Å². The first-order valence-electron chi connectivity index (χ1n) is 7.89. The summed E-state index contributed by atoms with van der Waals surface area (Å²) in [6.07, 6.45) is 3.74. The summed E-state index contributed by atoms with van der Waals surface area (Å²) >= 11 is 0. The minimum atomic E-state index is -4.50. The molecule has 0 bridgehead atoms. The van der Waals surface area contributed by atoms with Crippen LogP contribution in [0, 0.1) is 11.8 Å². The van der Waals surface area contributed by atoms with Gasteiger partial charge in [0.1, 0.15) is 5.76 Å². The van der Waals surface area contributed by atoms with Crippen LogP contribution in [0.15, 0.2) is 52.9 Å². The zero-order chi connectivity index (χ0) is 18.2. The molecule has 1 aliphatic heterocycles. The van der Waals surface area contributed by atoms with Crippen LogP contribution in [0.1, 0.15) is 6.42 Å². The lowest BCUT2D eigenvalue weighted by atomic mass is 9.77. The molecule has 2 aliphatic carbocycles. The van der Waals surface area contributed by atoms with Crippen LogP contribution in [-0.4, -0.2) is 47.5 Å². The molecule has 0 amide bonds. The molecule has 0 fully saturated rings. The molecule has 136 valence electrons. The average Bonchev–Trinajstić information content (AvgIpc) is 3.00. The number of nitrogens with one attached hydrogen (secondary N) is 1. The summed E-state index contributed by atoms with van der Waals surface area (Å²) in [5, 5.41) is 23.5. The summed E-state index contributed by atoms with van der Waals surface area (Å²) in [5.41, 5.74) is 2.86. The lowest BCUT2D eigenvalue weighted by molar-refractivity contribution is -0.157. The molecule has 0 saturated heterocycles. The van der Waals surface area contributed by atoms with Gasteiger partial charge in [0.2, 0.25) is 0 Å². The first-order valence-corrected chi connectivity index (χ1v) is 7.89. The number of hydrogen-bond acceptors (Lipinski definition) is 5. The van der Waals surface area contributed by atoms with Gasteiger partial charge in [0.25, 0.3) is 0 Å². The van der Waals surface area contributed by atoms with Gasteiger partial charge in [-0.15, -0.1) is 0 Å². The zero-order valence-corrected chi connectivity index (χ0v) is 13.4. The smallest absolute Gasteiger partial charge is 0.411 e. The van der Waals surface area contributed by atoms with E-state index >= 15 is 0 Å². The van der Waals surface area contributed by atoms with Crippen molar-refractivity contribution in [3.8, 4) is 0 Å². The number of halogens is 3. The number of rotatable bonds is 3. The van der Waals surface area contributed by atoms with Crippen molar-refractivity contribution in [2.75, 3.05) is 7.11 Å². The highest BCUT2D eigenvalue weighted by atomic mass is 19.4. The number of hydrazone groups is 1. The fourth-order valence-corrected chi connectivity index (χ4v) is 3.31. The molecule has 8 heteroatoms. The number of aliphatic hydroxyl groups is 2. The molecule has 0 aromatic heterocycles. The molecule has 0 aromatic carbocycles. The lowest BCUT2D eigenvalue weighted by Gasteiger charge is -2.29. The van der Waals surface area contributed by atoms with Crippen molar-refractivity contribution in [3.05, 3.63) is 47.8 Å². The summed E-state index contributed by atoms with van der Waals surface area (Å²) in [7, 11) is 1.54. The summed E-state index contributed by atoms with van der Waals surface area (Å²) in [4.78, 5) is 0. The van der Waals surface area contributed by atoms with Gasteiger partial charge in [0.15, 0.2) is 6.04 Å². The van der Waals surface area contributed by atoms with E-state index in [9.17, 15) is 23.4 Å². The summed E-state index contributed by atoms with van der Waals surface area (Å²) in [5.74, 6) is -1.92. The van der Waals surface area contributed by atoms with Gasteiger partial charge in [0.05, 0.1) is 23.8 Å². The van der Waals surface area contributed by atoms with Crippen molar-refractivity contribution in [2.24, 2.45) is 16.9 Å². The van der Waals surface area contributed by atoms with E-state index in [2.05, 4.69) is 10.5 Å². The highest BCUT2D eigenvalue weighted by Gasteiger charge is 2.52. The quantitative estimate of drug-likeness (QED) is 0.726. The Morgan fingerprint density at radius 1 is 1.28 bits per heavy atom. The first kappa shape index (κ1) is 17.8. The Bertz CT molecular complexity index is 679. The number of ether oxygens (including phenoxy) is 1. The van der Waals surface area contributed by atoms with Crippen LogP contribution in [-0.2, 0) is 4.74 Å². The Morgan fingerprint density at radius 2 is 2.04 bits per heavy atom. The Hall–Kier alpha value is -2.06. The number of hydrogen-bond donors (Lipinski definition) is 3. The van der Waals surface area contributed by atoms with E-state index in [4.69, 9.17) is 4.74 Å². The Balaban J connectivity index is 1.91. The van der Waals surface area contributed by atoms with Gasteiger partial charge >= 0.3 is 6.18 Å². The lowest BCUT2D eigenvalue weighted by Crippen LogP contribution is -2.45. The molecule has 5 nitrogen and oxygen atoms in total. The van der Waals surface area contributed by atoms with E-state index in [-0.39, 0.29) is 17.6 Å². The fraction of sp³-hybridized carbons (Fsp3) is 0.471. The van der Waals surface area contributed by atoms with E-state index in [1.54, 1.807) is 25.3 Å². The van der Waals surface area contributed by atoms with E-state index in [1.165, 1.54) is 18.2 Å². The van der Waals surface area contributed by atoms with Crippen LogP contribution in [0.2, 0.25) is 0 Å². The summed E-state index contributed by atoms with van der Waals surface area (Å²) in [6, 6.07) is -1.86. The van der Waals surface area contributed by atoms with Crippen LogP contribution in [0.3, 0.4) is 0 Å². The standard InChI is InChI=1S/C17H19F3N2O3/c1-25-11-5-2-9(3-6-11)14-15(21-22-16(14)17(18,19)20)12-7-4-10(23)8-13(12)24/h2-5,7-8,11-14,16,22-24H,6H2,1H3. The normalized spacial score (nSPS) is 35.1. The number of alkyl halides is 3. The second-order valence-corrected chi connectivity index (χ2v) is 6.20. The van der Waals surface area contributed by atoms with E-state index in [1.807, 2.05) is 0 Å². The maximum Gasteiger partial charge on any atom is 0.411 e. The maximum atomic E-state index is 13.5. The minimum absolute atomic E-state index is 0.126. The van der Waals surface area contributed by atoms with Gasteiger partial charge in [-0.05, 0) is 24.1 Å². The van der Waals surface area contributed by atoms with Gasteiger partial charge < -0.3 is 14.9 Å². The van der Waals surface area contributed by atoms with Gasteiger partial charge in [-0.3, -0.25) is 5.43 Å². The first-order chi connectivity index (χ1) is 11.8. The third kappa shape index (κ3) is 3.50. The molecule has 3 N–H and O–H groups in total. The maximum absolute atomic E-state index is 13.5. The van der Waals surface area contributed by atoms with Crippen LogP contribution in [0.4, 0.5) is 13.2 Å². The second kappa shape index (κ2) is 6.68. The topological polar surface area (TPSA) is 74.1 Å². The molecule has 5 atom stereocenters. The number of nitrogens with zero attached hydrogens (tertiary/aromatic N) is 1. The van der Waals surface area contributed by atoms with Crippen LogP contribution in [0.5, 0.6) is 0 Å². The van der Waals surface area contributed by atoms with Gasteiger partial charge in [-0.1, -0.05) is 24.3 Å². The van der Waals surface area contributed by atoms with Crippen molar-refractivity contribution in [1.82, 2.24) is 5.43 Å². The third-order valence-electron chi connectivity index (χ3n) is 4.61. The van der Waals surface area contributed by atoms with E-state index in [0.717, 1.165) is 0 Å². The van der Waals surface area contributed by atoms with Crippen LogP contribution < -0.4 is 5.43 Å². The molecule has 5 unspecified atom stereocenters. The Morgan fingerprint density at radius 3 is 2.60 bits per heavy atom. The van der Waals surface area contributed by atoms with Crippen molar-refractivity contribution < 1.29 is 28.1 Å². The Labute approximate surface area is 142 Å². The molecule has 3 rings (SSSR count). The van der Waals surface area contributed by atoms with Gasteiger partial charge in [-0.2, -0.15) is 18.3 Å². The molecule has 1 heterocycles. The highest BCUT2D eigenvalue weighted by Crippen LogP contribution is 2.38. The zero-order valence-electron chi connectivity index (χ0n) is 13.4. The monoisotopic (exact) mass is 356 g/mol. The van der Waals surface area contributed by atoms with E-state index in [0.29, 0.717) is 12.0 Å². The van der Waals surface area contributed by atoms with Crippen molar-refractivity contribution >= 4 is 5.71 Å². The predicted molar refractivity (Wildman–Crippen MR) is 85.9 cm³/mol. The molecule has 0 radical (unpaired) electrons. The van der Waals surface area contributed by atoms with Crippen molar-refractivity contribution in [1.29, 1.82) is 0 Å². The summed E-state index contributed by atoms with van der Waals surface area (Å²) in [6.45, 7) is 0. The highest BCUT2D eigenvalue weighted by molar-refractivity contribution is 5.96. The number of methoxy groups -OCH3 is 1.